The minimum atomic E-state index is -0.138. The Balaban J connectivity index is 2.09. The number of anilines is 1. The molecule has 4 N–H and O–H groups in total. The number of carbonyl (C=O) groups excluding carboxylic acids is 1. The van der Waals surface area contributed by atoms with Gasteiger partial charge in [0.2, 0.25) is 0 Å². The van der Waals surface area contributed by atoms with E-state index in [0.717, 1.165) is 35.7 Å². The van der Waals surface area contributed by atoms with Crippen LogP contribution >= 0.6 is 15.9 Å². The van der Waals surface area contributed by atoms with Crippen molar-refractivity contribution in [1.29, 1.82) is 0 Å². The number of aliphatic hydroxyl groups excluding tert-OH is 1. The second kappa shape index (κ2) is 6.14. The van der Waals surface area contributed by atoms with Gasteiger partial charge in [-0.2, -0.15) is 0 Å². The van der Waals surface area contributed by atoms with Crippen molar-refractivity contribution >= 4 is 27.5 Å². The SMILES string of the molecule is Cc1c(N)cc(Br)cc1C(=O)NCC1(CO)CCCC1. The van der Waals surface area contributed by atoms with Crippen LogP contribution in [0.15, 0.2) is 16.6 Å². The molecule has 1 aliphatic carbocycles. The van der Waals surface area contributed by atoms with Gasteiger partial charge in [0.15, 0.2) is 0 Å². The molecule has 20 heavy (non-hydrogen) atoms. The summed E-state index contributed by atoms with van der Waals surface area (Å²) < 4.78 is 0.795. The predicted molar refractivity (Wildman–Crippen MR) is 83.6 cm³/mol. The largest absolute Gasteiger partial charge is 0.398 e. The Morgan fingerprint density at radius 2 is 2.10 bits per heavy atom. The van der Waals surface area contributed by atoms with Gasteiger partial charge in [-0.05, 0) is 37.5 Å². The van der Waals surface area contributed by atoms with Crippen LogP contribution in [0.25, 0.3) is 0 Å². The van der Waals surface area contributed by atoms with E-state index in [-0.39, 0.29) is 17.9 Å². The molecule has 2 rings (SSSR count). The lowest BCUT2D eigenvalue weighted by molar-refractivity contribution is 0.0880. The Morgan fingerprint density at radius 3 is 2.70 bits per heavy atom. The zero-order valence-electron chi connectivity index (χ0n) is 11.7. The Morgan fingerprint density at radius 1 is 1.45 bits per heavy atom. The fourth-order valence-electron chi connectivity index (χ4n) is 2.81. The molecule has 0 saturated heterocycles. The Hall–Kier alpha value is -1.07. The zero-order chi connectivity index (χ0) is 14.8. The molecule has 0 spiro atoms. The number of aliphatic hydroxyl groups is 1. The van der Waals surface area contributed by atoms with E-state index in [9.17, 15) is 9.90 Å². The highest BCUT2D eigenvalue weighted by Gasteiger charge is 2.33. The van der Waals surface area contributed by atoms with Crippen molar-refractivity contribution in [2.24, 2.45) is 5.41 Å². The molecule has 0 unspecified atom stereocenters. The van der Waals surface area contributed by atoms with Gasteiger partial charge < -0.3 is 16.2 Å². The van der Waals surface area contributed by atoms with Gasteiger partial charge in [-0.25, -0.2) is 0 Å². The molecule has 0 aliphatic heterocycles. The van der Waals surface area contributed by atoms with Crippen LogP contribution in [0, 0.1) is 12.3 Å². The van der Waals surface area contributed by atoms with Gasteiger partial charge in [0.1, 0.15) is 0 Å². The van der Waals surface area contributed by atoms with Crippen molar-refractivity contribution in [2.75, 3.05) is 18.9 Å². The summed E-state index contributed by atoms with van der Waals surface area (Å²) in [6.45, 7) is 2.50. The highest BCUT2D eigenvalue weighted by molar-refractivity contribution is 9.10. The molecule has 5 heteroatoms. The minimum Gasteiger partial charge on any atom is -0.398 e. The molecule has 0 bridgehead atoms. The second-order valence-electron chi connectivity index (χ2n) is 5.72. The maximum Gasteiger partial charge on any atom is 0.251 e. The molecule has 1 aromatic rings. The molecule has 110 valence electrons. The summed E-state index contributed by atoms with van der Waals surface area (Å²) in [6.07, 6.45) is 4.20. The monoisotopic (exact) mass is 340 g/mol. The van der Waals surface area contributed by atoms with Gasteiger partial charge in [-0.1, -0.05) is 28.8 Å². The maximum absolute atomic E-state index is 12.3. The van der Waals surface area contributed by atoms with Crippen LogP contribution in [0.1, 0.15) is 41.6 Å². The van der Waals surface area contributed by atoms with Crippen LogP contribution in [0.3, 0.4) is 0 Å². The number of rotatable bonds is 4. The quantitative estimate of drug-likeness (QED) is 0.737. The standard InChI is InChI=1S/C15H21BrN2O2/c1-10-12(6-11(16)7-13(10)17)14(20)18-8-15(9-19)4-2-3-5-15/h6-7,19H,2-5,8-9,17H2,1H3,(H,18,20). The van der Waals surface area contributed by atoms with E-state index in [0.29, 0.717) is 17.8 Å². The minimum absolute atomic E-state index is 0.129. The predicted octanol–water partition coefficient (Wildman–Crippen LogP) is 2.62. The van der Waals surface area contributed by atoms with Crippen LogP contribution in [-0.4, -0.2) is 24.2 Å². The van der Waals surface area contributed by atoms with Crippen LogP contribution in [-0.2, 0) is 0 Å². The van der Waals surface area contributed by atoms with Crippen LogP contribution in [0.4, 0.5) is 5.69 Å². The van der Waals surface area contributed by atoms with Gasteiger partial charge in [0.25, 0.3) is 5.91 Å². The van der Waals surface area contributed by atoms with E-state index in [1.165, 1.54) is 0 Å². The number of halogens is 1. The number of amides is 1. The van der Waals surface area contributed by atoms with Crippen LogP contribution in [0.5, 0.6) is 0 Å². The molecule has 0 atom stereocenters. The number of hydrogen-bond donors (Lipinski definition) is 3. The Bertz CT molecular complexity index is 511. The average molecular weight is 341 g/mol. The normalized spacial score (nSPS) is 17.1. The van der Waals surface area contributed by atoms with E-state index >= 15 is 0 Å². The molecule has 1 aromatic carbocycles. The van der Waals surface area contributed by atoms with Gasteiger partial charge >= 0.3 is 0 Å². The molecular weight excluding hydrogens is 320 g/mol. The summed E-state index contributed by atoms with van der Waals surface area (Å²) in [6, 6.07) is 3.57. The maximum atomic E-state index is 12.3. The molecule has 1 saturated carbocycles. The Kier molecular flexibility index (Phi) is 4.70. The summed E-state index contributed by atoms with van der Waals surface area (Å²) in [7, 11) is 0. The van der Waals surface area contributed by atoms with Gasteiger partial charge in [-0.3, -0.25) is 4.79 Å². The van der Waals surface area contributed by atoms with Crippen molar-refractivity contribution in [3.8, 4) is 0 Å². The number of hydrogen-bond acceptors (Lipinski definition) is 3. The number of nitrogens with two attached hydrogens (primary N) is 1. The first-order valence-electron chi connectivity index (χ1n) is 6.92. The highest BCUT2D eigenvalue weighted by Crippen LogP contribution is 2.37. The lowest BCUT2D eigenvalue weighted by atomic mass is 9.87. The number of nitrogens with one attached hydrogen (secondary N) is 1. The first-order chi connectivity index (χ1) is 9.47. The molecule has 1 aliphatic rings. The molecule has 0 aromatic heterocycles. The number of carbonyl (C=O) groups is 1. The van der Waals surface area contributed by atoms with Crippen molar-refractivity contribution in [1.82, 2.24) is 5.32 Å². The number of nitrogen functional groups attached to an aromatic ring is 1. The third-order valence-electron chi connectivity index (χ3n) is 4.28. The van der Waals surface area contributed by atoms with Crippen molar-refractivity contribution in [2.45, 2.75) is 32.6 Å². The van der Waals surface area contributed by atoms with Crippen molar-refractivity contribution < 1.29 is 9.90 Å². The lowest BCUT2D eigenvalue weighted by Gasteiger charge is -2.26. The molecule has 0 heterocycles. The third kappa shape index (κ3) is 3.15. The summed E-state index contributed by atoms with van der Waals surface area (Å²) in [5.41, 5.74) is 7.71. The molecular formula is C15H21BrN2O2. The van der Waals surface area contributed by atoms with Crippen molar-refractivity contribution in [3.63, 3.8) is 0 Å². The van der Waals surface area contributed by atoms with Crippen molar-refractivity contribution in [3.05, 3.63) is 27.7 Å². The van der Waals surface area contributed by atoms with E-state index in [1.807, 2.05) is 6.92 Å². The van der Waals surface area contributed by atoms with Gasteiger partial charge in [-0.15, -0.1) is 0 Å². The number of benzene rings is 1. The Labute approximate surface area is 127 Å². The highest BCUT2D eigenvalue weighted by atomic mass is 79.9. The molecule has 1 fully saturated rings. The van der Waals surface area contributed by atoms with E-state index < -0.39 is 0 Å². The fourth-order valence-corrected chi connectivity index (χ4v) is 3.29. The van der Waals surface area contributed by atoms with Gasteiger partial charge in [0, 0.05) is 27.7 Å². The summed E-state index contributed by atoms with van der Waals surface area (Å²) in [5.74, 6) is -0.129. The second-order valence-corrected chi connectivity index (χ2v) is 6.63. The molecule has 4 nitrogen and oxygen atoms in total. The van der Waals surface area contributed by atoms with E-state index in [2.05, 4.69) is 21.2 Å². The van der Waals surface area contributed by atoms with E-state index in [4.69, 9.17) is 5.73 Å². The average Bonchev–Trinajstić information content (AvgIpc) is 2.89. The molecule has 1 amide bonds. The zero-order valence-corrected chi connectivity index (χ0v) is 13.3. The van der Waals surface area contributed by atoms with Crippen LogP contribution in [0.2, 0.25) is 0 Å². The first-order valence-corrected chi connectivity index (χ1v) is 7.71. The van der Waals surface area contributed by atoms with E-state index in [1.54, 1.807) is 12.1 Å². The topological polar surface area (TPSA) is 75.4 Å². The van der Waals surface area contributed by atoms with Gasteiger partial charge in [0.05, 0.1) is 6.61 Å². The lowest BCUT2D eigenvalue weighted by Crippen LogP contribution is -2.38. The summed E-state index contributed by atoms with van der Waals surface area (Å²) >= 11 is 3.36. The first kappa shape index (κ1) is 15.3. The molecule has 0 radical (unpaired) electrons. The van der Waals surface area contributed by atoms with Crippen LogP contribution < -0.4 is 11.1 Å². The third-order valence-corrected chi connectivity index (χ3v) is 4.74. The fraction of sp³-hybridized carbons (Fsp3) is 0.533. The summed E-state index contributed by atoms with van der Waals surface area (Å²) in [5, 5.41) is 12.5. The summed E-state index contributed by atoms with van der Waals surface area (Å²) in [4.78, 5) is 12.3. The smallest absolute Gasteiger partial charge is 0.251 e.